The SMILES string of the molecule is CCc1cccc(C)c1NCC(=O)C(C)(C)C. The average molecular weight is 233 g/mol. The highest BCUT2D eigenvalue weighted by molar-refractivity contribution is 5.87. The first-order valence-electron chi connectivity index (χ1n) is 6.22. The lowest BCUT2D eigenvalue weighted by molar-refractivity contribution is -0.124. The van der Waals surface area contributed by atoms with Gasteiger partial charge in [0.15, 0.2) is 5.78 Å². The number of para-hydroxylation sites is 1. The molecular formula is C15H23NO. The average Bonchev–Trinajstić information content (AvgIpc) is 2.25. The summed E-state index contributed by atoms with van der Waals surface area (Å²) in [5.41, 5.74) is 3.31. The number of carbonyl (C=O) groups is 1. The Morgan fingerprint density at radius 3 is 2.47 bits per heavy atom. The molecule has 17 heavy (non-hydrogen) atoms. The van der Waals surface area contributed by atoms with E-state index in [0.29, 0.717) is 6.54 Å². The van der Waals surface area contributed by atoms with Crippen LogP contribution in [0, 0.1) is 12.3 Å². The van der Waals surface area contributed by atoms with Crippen molar-refractivity contribution in [3.05, 3.63) is 29.3 Å². The van der Waals surface area contributed by atoms with Crippen molar-refractivity contribution >= 4 is 11.5 Å². The third kappa shape index (κ3) is 3.58. The number of aryl methyl sites for hydroxylation is 2. The van der Waals surface area contributed by atoms with Crippen LogP contribution in [-0.4, -0.2) is 12.3 Å². The van der Waals surface area contributed by atoms with Crippen LogP contribution < -0.4 is 5.32 Å². The Labute approximate surface area is 104 Å². The van der Waals surface area contributed by atoms with Gasteiger partial charge in [-0.05, 0) is 24.5 Å². The van der Waals surface area contributed by atoms with Gasteiger partial charge in [-0.25, -0.2) is 0 Å². The fraction of sp³-hybridized carbons (Fsp3) is 0.533. The van der Waals surface area contributed by atoms with Gasteiger partial charge in [-0.15, -0.1) is 0 Å². The second-order valence-corrected chi connectivity index (χ2v) is 5.49. The highest BCUT2D eigenvalue weighted by Crippen LogP contribution is 2.22. The Hall–Kier alpha value is -1.31. The Morgan fingerprint density at radius 1 is 1.29 bits per heavy atom. The molecule has 1 N–H and O–H groups in total. The maximum absolute atomic E-state index is 11.9. The largest absolute Gasteiger partial charge is 0.378 e. The zero-order valence-corrected chi connectivity index (χ0v) is 11.6. The molecule has 0 saturated carbocycles. The summed E-state index contributed by atoms with van der Waals surface area (Å²) in [5, 5.41) is 3.29. The standard InChI is InChI=1S/C15H23NO/c1-6-12-9-7-8-11(2)14(12)16-10-13(17)15(3,4)5/h7-9,16H,6,10H2,1-5H3. The van der Waals surface area contributed by atoms with Crippen LogP contribution in [-0.2, 0) is 11.2 Å². The molecule has 0 fully saturated rings. The highest BCUT2D eigenvalue weighted by Gasteiger charge is 2.20. The molecule has 0 aliphatic heterocycles. The number of nitrogens with one attached hydrogen (secondary N) is 1. The van der Waals surface area contributed by atoms with Crippen LogP contribution in [0.4, 0.5) is 5.69 Å². The van der Waals surface area contributed by atoms with Crippen molar-refractivity contribution in [2.75, 3.05) is 11.9 Å². The van der Waals surface area contributed by atoms with Crippen LogP contribution in [0.25, 0.3) is 0 Å². The van der Waals surface area contributed by atoms with Gasteiger partial charge in [-0.1, -0.05) is 45.9 Å². The van der Waals surface area contributed by atoms with Gasteiger partial charge in [0.2, 0.25) is 0 Å². The van der Waals surface area contributed by atoms with Crippen molar-refractivity contribution in [3.8, 4) is 0 Å². The van der Waals surface area contributed by atoms with Crippen LogP contribution >= 0.6 is 0 Å². The molecule has 0 aliphatic carbocycles. The third-order valence-corrected chi connectivity index (χ3v) is 3.00. The Bertz CT molecular complexity index is 402. The van der Waals surface area contributed by atoms with E-state index in [9.17, 15) is 4.79 Å². The van der Waals surface area contributed by atoms with Crippen molar-refractivity contribution in [2.24, 2.45) is 5.41 Å². The summed E-state index contributed by atoms with van der Waals surface area (Å²) >= 11 is 0. The molecule has 2 heteroatoms. The molecule has 0 bridgehead atoms. The van der Waals surface area contributed by atoms with E-state index in [1.165, 1.54) is 11.1 Å². The topological polar surface area (TPSA) is 29.1 Å². The molecule has 0 amide bonds. The first kappa shape index (κ1) is 13.8. The number of benzene rings is 1. The lowest BCUT2D eigenvalue weighted by Crippen LogP contribution is -2.27. The Balaban J connectivity index is 2.79. The fourth-order valence-electron chi connectivity index (χ4n) is 1.71. The summed E-state index contributed by atoms with van der Waals surface area (Å²) in [6.45, 7) is 10.5. The van der Waals surface area contributed by atoms with Crippen molar-refractivity contribution in [1.29, 1.82) is 0 Å². The number of ketones is 1. The van der Waals surface area contributed by atoms with E-state index in [1.807, 2.05) is 20.8 Å². The Kier molecular flexibility index (Phi) is 4.33. The Morgan fingerprint density at radius 2 is 1.94 bits per heavy atom. The van der Waals surface area contributed by atoms with Crippen LogP contribution in [0.3, 0.4) is 0 Å². The van der Waals surface area contributed by atoms with E-state index in [4.69, 9.17) is 0 Å². The lowest BCUT2D eigenvalue weighted by Gasteiger charge is -2.19. The van der Waals surface area contributed by atoms with E-state index in [-0.39, 0.29) is 11.2 Å². The summed E-state index contributed by atoms with van der Waals surface area (Å²) in [7, 11) is 0. The van der Waals surface area contributed by atoms with Gasteiger partial charge in [-0.2, -0.15) is 0 Å². The molecule has 0 unspecified atom stereocenters. The van der Waals surface area contributed by atoms with Gasteiger partial charge in [0.1, 0.15) is 0 Å². The predicted molar refractivity (Wildman–Crippen MR) is 73.5 cm³/mol. The van der Waals surface area contributed by atoms with Gasteiger partial charge in [-0.3, -0.25) is 4.79 Å². The van der Waals surface area contributed by atoms with E-state index in [0.717, 1.165) is 12.1 Å². The summed E-state index contributed by atoms with van der Waals surface area (Å²) < 4.78 is 0. The minimum absolute atomic E-state index is 0.239. The van der Waals surface area contributed by atoms with Crippen LogP contribution in [0.15, 0.2) is 18.2 Å². The van der Waals surface area contributed by atoms with Crippen molar-refractivity contribution < 1.29 is 4.79 Å². The summed E-state index contributed by atoms with van der Waals surface area (Å²) in [5.74, 6) is 0.239. The maximum Gasteiger partial charge on any atom is 0.157 e. The molecule has 94 valence electrons. The van der Waals surface area contributed by atoms with Gasteiger partial charge >= 0.3 is 0 Å². The monoisotopic (exact) mass is 233 g/mol. The second kappa shape index (κ2) is 5.35. The van der Waals surface area contributed by atoms with Gasteiger partial charge in [0, 0.05) is 11.1 Å². The number of hydrogen-bond acceptors (Lipinski definition) is 2. The molecule has 0 aliphatic rings. The lowest BCUT2D eigenvalue weighted by atomic mass is 9.90. The number of rotatable bonds is 4. The summed E-state index contributed by atoms with van der Waals surface area (Å²) in [6, 6.07) is 6.24. The van der Waals surface area contributed by atoms with Crippen LogP contribution in [0.5, 0.6) is 0 Å². The van der Waals surface area contributed by atoms with E-state index in [2.05, 4.69) is 37.4 Å². The quantitative estimate of drug-likeness (QED) is 0.861. The van der Waals surface area contributed by atoms with Crippen LogP contribution in [0.2, 0.25) is 0 Å². The zero-order chi connectivity index (χ0) is 13.1. The number of hydrogen-bond donors (Lipinski definition) is 1. The number of Topliss-reactive ketones (excluding diaryl/α,β-unsaturated/α-hetero) is 1. The number of anilines is 1. The smallest absolute Gasteiger partial charge is 0.157 e. The normalized spacial score (nSPS) is 11.4. The van der Waals surface area contributed by atoms with E-state index < -0.39 is 0 Å². The minimum Gasteiger partial charge on any atom is -0.378 e. The molecule has 0 aromatic heterocycles. The second-order valence-electron chi connectivity index (χ2n) is 5.49. The van der Waals surface area contributed by atoms with Gasteiger partial charge < -0.3 is 5.32 Å². The van der Waals surface area contributed by atoms with E-state index >= 15 is 0 Å². The fourth-order valence-corrected chi connectivity index (χ4v) is 1.71. The van der Waals surface area contributed by atoms with Crippen LogP contribution in [0.1, 0.15) is 38.8 Å². The first-order valence-corrected chi connectivity index (χ1v) is 6.22. The molecular weight excluding hydrogens is 210 g/mol. The van der Waals surface area contributed by atoms with Crippen molar-refractivity contribution in [1.82, 2.24) is 0 Å². The van der Waals surface area contributed by atoms with Crippen molar-refractivity contribution in [2.45, 2.75) is 41.0 Å². The maximum atomic E-state index is 11.9. The third-order valence-electron chi connectivity index (χ3n) is 3.00. The summed E-state index contributed by atoms with van der Waals surface area (Å²) in [6.07, 6.45) is 0.980. The van der Waals surface area contributed by atoms with Gasteiger partial charge in [0.05, 0.1) is 6.54 Å². The minimum atomic E-state index is -0.276. The molecule has 1 aromatic carbocycles. The molecule has 0 atom stereocenters. The van der Waals surface area contributed by atoms with E-state index in [1.54, 1.807) is 0 Å². The molecule has 0 radical (unpaired) electrons. The highest BCUT2D eigenvalue weighted by atomic mass is 16.1. The summed E-state index contributed by atoms with van der Waals surface area (Å²) in [4.78, 5) is 11.9. The molecule has 1 aromatic rings. The number of carbonyl (C=O) groups excluding carboxylic acids is 1. The molecule has 2 nitrogen and oxygen atoms in total. The molecule has 0 spiro atoms. The molecule has 0 saturated heterocycles. The molecule has 0 heterocycles. The zero-order valence-electron chi connectivity index (χ0n) is 11.6. The molecule has 1 rings (SSSR count). The van der Waals surface area contributed by atoms with Gasteiger partial charge in [0.25, 0.3) is 0 Å². The first-order chi connectivity index (χ1) is 7.86. The van der Waals surface area contributed by atoms with Crippen molar-refractivity contribution in [3.63, 3.8) is 0 Å². The predicted octanol–water partition coefficient (Wildman–Crippen LogP) is 3.58.